The molecule has 0 radical (unpaired) electrons. The molecule has 10 nitrogen and oxygen atoms in total. The number of phenolic OH excluding ortho intramolecular Hbond substituents is 1. The third-order valence-corrected chi connectivity index (χ3v) is 7.04. The van der Waals surface area contributed by atoms with Crippen LogP contribution in [-0.2, 0) is 38.5 Å². The van der Waals surface area contributed by atoms with Crippen LogP contribution in [0.3, 0.4) is 0 Å². The molecule has 2 fully saturated rings. The van der Waals surface area contributed by atoms with E-state index in [0.29, 0.717) is 25.8 Å². The lowest BCUT2D eigenvalue weighted by Crippen LogP contribution is -2.51. The fraction of sp³-hybridized carbons (Fsp3) is 0.379. The predicted molar refractivity (Wildman–Crippen MR) is 140 cm³/mol. The summed E-state index contributed by atoms with van der Waals surface area (Å²) in [5.41, 5.74) is 2.89. The molecule has 10 heteroatoms. The molecule has 2 saturated heterocycles. The van der Waals surface area contributed by atoms with Crippen molar-refractivity contribution in [2.24, 2.45) is 0 Å². The molecule has 1 aromatic heterocycles. The van der Waals surface area contributed by atoms with Crippen molar-refractivity contribution >= 4 is 17.8 Å². The van der Waals surface area contributed by atoms with Crippen LogP contribution >= 0.6 is 0 Å². The van der Waals surface area contributed by atoms with E-state index in [1.807, 2.05) is 42.5 Å². The number of cyclic esters (lactones) is 1. The first-order valence-electron chi connectivity index (χ1n) is 13.2. The Labute approximate surface area is 226 Å². The average molecular weight is 533 g/mol. The molecular weight excluding hydrogens is 500 g/mol. The minimum absolute atomic E-state index is 0.0115. The summed E-state index contributed by atoms with van der Waals surface area (Å²) in [7, 11) is 0. The van der Waals surface area contributed by atoms with Gasteiger partial charge in [0.2, 0.25) is 12.2 Å². The van der Waals surface area contributed by atoms with E-state index in [2.05, 4.69) is 15.3 Å². The Morgan fingerprint density at radius 3 is 2.69 bits per heavy atom. The Morgan fingerprint density at radius 1 is 1.10 bits per heavy atom. The van der Waals surface area contributed by atoms with Gasteiger partial charge in [-0.2, -0.15) is 0 Å². The number of imidazole rings is 1. The highest BCUT2D eigenvalue weighted by atomic mass is 16.7. The van der Waals surface area contributed by atoms with Crippen molar-refractivity contribution in [1.29, 1.82) is 0 Å². The third kappa shape index (κ3) is 6.64. The standard InChI is InChI=1S/C29H32N4O6/c34-22-13-11-19(12-14-22)8-4-9-21-17-30-26(31-21)28(37)33-15-5-10-24(33)27(36)32-23-16-25(35)39-29(23)38-18-20-6-2-1-3-7-20/h1-3,6-7,11-14,17,23-24,29,34H,4-5,8-10,15-16,18H2,(H,30,31)(H,32,36)/t23?,24-,29?/m0/s1. The first-order valence-corrected chi connectivity index (χ1v) is 13.2. The molecule has 204 valence electrons. The molecule has 2 amide bonds. The summed E-state index contributed by atoms with van der Waals surface area (Å²) in [6, 6.07) is 15.3. The van der Waals surface area contributed by atoms with Crippen LogP contribution in [0.25, 0.3) is 0 Å². The number of benzene rings is 2. The van der Waals surface area contributed by atoms with Gasteiger partial charge in [0.25, 0.3) is 5.91 Å². The van der Waals surface area contributed by atoms with Crippen molar-refractivity contribution in [2.75, 3.05) is 6.54 Å². The number of amides is 2. The highest BCUT2D eigenvalue weighted by molar-refractivity contribution is 5.95. The molecule has 3 aromatic rings. The van der Waals surface area contributed by atoms with E-state index in [1.54, 1.807) is 18.3 Å². The van der Waals surface area contributed by atoms with Crippen LogP contribution in [0.15, 0.2) is 60.8 Å². The van der Waals surface area contributed by atoms with Crippen molar-refractivity contribution < 1.29 is 29.0 Å². The second kappa shape index (κ2) is 12.1. The molecule has 2 unspecified atom stereocenters. The molecule has 0 aliphatic carbocycles. The average Bonchev–Trinajstić information content (AvgIpc) is 3.69. The van der Waals surface area contributed by atoms with Crippen molar-refractivity contribution in [3.63, 3.8) is 0 Å². The molecule has 0 saturated carbocycles. The van der Waals surface area contributed by atoms with E-state index in [0.717, 1.165) is 29.7 Å². The number of nitrogens with zero attached hydrogens (tertiary/aromatic N) is 2. The number of esters is 1. The number of carbonyl (C=O) groups excluding carboxylic acids is 3. The zero-order valence-corrected chi connectivity index (χ0v) is 21.5. The summed E-state index contributed by atoms with van der Waals surface area (Å²) in [4.78, 5) is 47.3. The van der Waals surface area contributed by atoms with Gasteiger partial charge in [0.1, 0.15) is 17.8 Å². The van der Waals surface area contributed by atoms with Gasteiger partial charge in [-0.3, -0.25) is 14.4 Å². The monoisotopic (exact) mass is 532 g/mol. The predicted octanol–water partition coefficient (Wildman–Crippen LogP) is 2.87. The van der Waals surface area contributed by atoms with Gasteiger partial charge in [-0.15, -0.1) is 0 Å². The van der Waals surface area contributed by atoms with E-state index < -0.39 is 24.3 Å². The number of aromatic hydroxyl groups is 1. The van der Waals surface area contributed by atoms with Crippen LogP contribution in [0, 0.1) is 0 Å². The minimum Gasteiger partial charge on any atom is -0.508 e. The van der Waals surface area contributed by atoms with Crippen molar-refractivity contribution in [1.82, 2.24) is 20.2 Å². The Hall–Kier alpha value is -4.18. The van der Waals surface area contributed by atoms with E-state index in [9.17, 15) is 19.5 Å². The fourth-order valence-corrected chi connectivity index (χ4v) is 5.00. The van der Waals surface area contributed by atoms with Crippen molar-refractivity contribution in [3.8, 4) is 5.75 Å². The third-order valence-electron chi connectivity index (χ3n) is 7.04. The Bertz CT molecular complexity index is 1290. The zero-order chi connectivity index (χ0) is 27.2. The lowest BCUT2D eigenvalue weighted by molar-refractivity contribution is -0.168. The number of aryl methyl sites for hydroxylation is 2. The summed E-state index contributed by atoms with van der Waals surface area (Å²) in [5.74, 6) is -0.652. The molecule has 39 heavy (non-hydrogen) atoms. The number of hydrogen-bond acceptors (Lipinski definition) is 7. The van der Waals surface area contributed by atoms with Crippen LogP contribution in [-0.4, -0.2) is 62.7 Å². The molecule has 0 spiro atoms. The van der Waals surface area contributed by atoms with Crippen LogP contribution < -0.4 is 5.32 Å². The number of hydrogen-bond donors (Lipinski definition) is 3. The number of phenols is 1. The summed E-state index contributed by atoms with van der Waals surface area (Å²) >= 11 is 0. The van der Waals surface area contributed by atoms with Gasteiger partial charge in [-0.25, -0.2) is 4.98 Å². The van der Waals surface area contributed by atoms with Gasteiger partial charge in [0.05, 0.1) is 13.0 Å². The van der Waals surface area contributed by atoms with Crippen LogP contribution in [0.1, 0.15) is 53.1 Å². The van der Waals surface area contributed by atoms with Gasteiger partial charge >= 0.3 is 5.97 Å². The van der Waals surface area contributed by atoms with Gasteiger partial charge in [-0.1, -0.05) is 42.5 Å². The number of nitrogens with one attached hydrogen (secondary N) is 2. The molecule has 3 heterocycles. The van der Waals surface area contributed by atoms with Crippen molar-refractivity contribution in [3.05, 3.63) is 83.4 Å². The lowest BCUT2D eigenvalue weighted by atomic mass is 10.1. The SMILES string of the molecule is O=C1CC(NC(=O)[C@@H]2CCCN2C(=O)c2ncc(CCCc3ccc(O)cc3)[nH]2)C(OCc2ccccc2)O1. The van der Waals surface area contributed by atoms with E-state index >= 15 is 0 Å². The topological polar surface area (TPSA) is 134 Å². The zero-order valence-electron chi connectivity index (χ0n) is 21.5. The van der Waals surface area contributed by atoms with Crippen LogP contribution in [0.2, 0.25) is 0 Å². The second-order valence-electron chi connectivity index (χ2n) is 9.91. The Balaban J connectivity index is 1.14. The summed E-state index contributed by atoms with van der Waals surface area (Å²) in [6.45, 7) is 0.691. The number of aromatic nitrogens is 2. The number of ether oxygens (including phenoxy) is 2. The summed E-state index contributed by atoms with van der Waals surface area (Å²) in [5, 5.41) is 12.3. The molecule has 2 aliphatic heterocycles. The van der Waals surface area contributed by atoms with E-state index in [1.165, 1.54) is 4.90 Å². The van der Waals surface area contributed by atoms with Gasteiger partial charge in [-0.05, 0) is 55.4 Å². The van der Waals surface area contributed by atoms with Gasteiger partial charge < -0.3 is 29.8 Å². The van der Waals surface area contributed by atoms with Crippen LogP contribution in [0.5, 0.6) is 5.75 Å². The smallest absolute Gasteiger partial charge is 0.310 e. The molecule has 2 aliphatic rings. The quantitative estimate of drug-likeness (QED) is 0.342. The summed E-state index contributed by atoms with van der Waals surface area (Å²) < 4.78 is 11.1. The highest BCUT2D eigenvalue weighted by Crippen LogP contribution is 2.23. The van der Waals surface area contributed by atoms with E-state index in [-0.39, 0.29) is 36.4 Å². The number of H-pyrrole nitrogens is 1. The maximum Gasteiger partial charge on any atom is 0.310 e. The Kier molecular flexibility index (Phi) is 8.21. The maximum atomic E-state index is 13.2. The molecule has 5 rings (SSSR count). The molecule has 3 N–H and O–H groups in total. The molecule has 3 atom stereocenters. The molecule has 2 aromatic carbocycles. The van der Waals surface area contributed by atoms with Crippen molar-refractivity contribution in [2.45, 2.75) is 63.5 Å². The second-order valence-corrected chi connectivity index (χ2v) is 9.91. The van der Waals surface area contributed by atoms with Gasteiger partial charge in [0, 0.05) is 18.4 Å². The number of carbonyl (C=O) groups is 3. The first kappa shape index (κ1) is 26.4. The number of rotatable bonds is 10. The first-order chi connectivity index (χ1) is 19.0. The summed E-state index contributed by atoms with van der Waals surface area (Å²) in [6.07, 6.45) is 4.40. The Morgan fingerprint density at radius 2 is 1.90 bits per heavy atom. The lowest BCUT2D eigenvalue weighted by Gasteiger charge is -2.26. The largest absolute Gasteiger partial charge is 0.508 e. The molecular formula is C29H32N4O6. The molecule has 0 bridgehead atoms. The number of likely N-dealkylation sites (tertiary alicyclic amines) is 1. The maximum absolute atomic E-state index is 13.2. The van der Waals surface area contributed by atoms with Gasteiger partial charge in [0.15, 0.2) is 5.82 Å². The fourth-order valence-electron chi connectivity index (χ4n) is 5.00. The number of aromatic amines is 1. The van der Waals surface area contributed by atoms with Crippen LogP contribution in [0.4, 0.5) is 0 Å². The minimum atomic E-state index is -0.888. The highest BCUT2D eigenvalue weighted by Gasteiger charge is 2.41. The van der Waals surface area contributed by atoms with E-state index in [4.69, 9.17) is 9.47 Å². The normalized spacial score (nSPS) is 20.7.